The molecule has 0 fully saturated rings. The maximum absolute atomic E-state index is 5.76. The summed E-state index contributed by atoms with van der Waals surface area (Å²) in [5.41, 5.74) is 0.839. The highest BCUT2D eigenvalue weighted by molar-refractivity contribution is 7.80. The fourth-order valence-electron chi connectivity index (χ4n) is 1.43. The topological polar surface area (TPSA) is 46.2 Å². The molecule has 0 bridgehead atoms. The molecule has 4 nitrogen and oxygen atoms in total. The number of benzene rings is 1. The molecule has 6 heteroatoms. The van der Waals surface area contributed by atoms with Gasteiger partial charge in [-0.2, -0.15) is 0 Å². The van der Waals surface area contributed by atoms with Crippen LogP contribution in [0.4, 0.5) is 11.5 Å². The van der Waals surface area contributed by atoms with Gasteiger partial charge in [-0.05, 0) is 36.5 Å². The van der Waals surface area contributed by atoms with E-state index in [2.05, 4.69) is 15.6 Å². The minimum absolute atomic E-state index is 0.447. The van der Waals surface area contributed by atoms with E-state index in [1.54, 1.807) is 25.4 Å². The van der Waals surface area contributed by atoms with E-state index in [1.165, 1.54) is 0 Å². The lowest BCUT2D eigenvalue weighted by Crippen LogP contribution is -2.19. The van der Waals surface area contributed by atoms with Gasteiger partial charge in [-0.25, -0.2) is 4.98 Å². The van der Waals surface area contributed by atoms with Crippen LogP contribution in [0.2, 0.25) is 5.02 Å². The lowest BCUT2D eigenvalue weighted by atomic mass is 10.3. The number of anilines is 2. The van der Waals surface area contributed by atoms with E-state index in [1.807, 2.05) is 24.3 Å². The van der Waals surface area contributed by atoms with E-state index >= 15 is 0 Å². The summed E-state index contributed by atoms with van der Waals surface area (Å²) in [6.45, 7) is 0. The Hall–Kier alpha value is -1.85. The van der Waals surface area contributed by atoms with E-state index in [0.29, 0.717) is 16.0 Å². The number of hydrogen-bond acceptors (Lipinski definition) is 3. The highest BCUT2D eigenvalue weighted by atomic mass is 35.5. The van der Waals surface area contributed by atoms with Gasteiger partial charge in [-0.15, -0.1) is 0 Å². The lowest BCUT2D eigenvalue weighted by Gasteiger charge is -2.10. The normalized spacial score (nSPS) is 9.79. The van der Waals surface area contributed by atoms with E-state index in [-0.39, 0.29) is 0 Å². The average molecular weight is 294 g/mol. The first-order valence-electron chi connectivity index (χ1n) is 5.51. The predicted molar refractivity (Wildman–Crippen MR) is 82.1 cm³/mol. The molecule has 0 radical (unpaired) electrons. The van der Waals surface area contributed by atoms with Crippen molar-refractivity contribution >= 4 is 40.4 Å². The van der Waals surface area contributed by atoms with Crippen LogP contribution in [-0.4, -0.2) is 17.2 Å². The van der Waals surface area contributed by atoms with Gasteiger partial charge >= 0.3 is 0 Å². The molecule has 0 aliphatic heterocycles. The zero-order valence-electron chi connectivity index (χ0n) is 10.2. The van der Waals surface area contributed by atoms with Gasteiger partial charge in [0.2, 0.25) is 0 Å². The minimum atomic E-state index is 0.447. The van der Waals surface area contributed by atoms with E-state index in [9.17, 15) is 0 Å². The first kappa shape index (κ1) is 13.6. The molecule has 1 heterocycles. The summed E-state index contributed by atoms with van der Waals surface area (Å²) in [6.07, 6.45) is 1.55. The predicted octanol–water partition coefficient (Wildman–Crippen LogP) is 3.55. The standard InChI is InChI=1S/C13H12ClN3OS/c1-18-11-4-2-3-10(7-11)16-13(19)17-12-6-5-9(14)8-15-12/h2-8H,1H3,(H2,15,16,17,19). The number of aromatic nitrogens is 1. The third-order valence-corrected chi connectivity index (χ3v) is 2.72. The maximum atomic E-state index is 5.76. The molecule has 2 aromatic rings. The Morgan fingerprint density at radius 3 is 2.79 bits per heavy atom. The quantitative estimate of drug-likeness (QED) is 0.848. The zero-order chi connectivity index (χ0) is 13.7. The number of rotatable bonds is 3. The summed E-state index contributed by atoms with van der Waals surface area (Å²) >= 11 is 11.0. The Morgan fingerprint density at radius 2 is 2.11 bits per heavy atom. The van der Waals surface area contributed by atoms with Crippen LogP contribution in [0.3, 0.4) is 0 Å². The van der Waals surface area contributed by atoms with Crippen molar-refractivity contribution in [3.63, 3.8) is 0 Å². The van der Waals surface area contributed by atoms with Crippen LogP contribution in [0, 0.1) is 0 Å². The van der Waals surface area contributed by atoms with Crippen molar-refractivity contribution in [2.45, 2.75) is 0 Å². The fourth-order valence-corrected chi connectivity index (χ4v) is 1.76. The molecular weight excluding hydrogens is 282 g/mol. The Kier molecular flexibility index (Phi) is 4.54. The maximum Gasteiger partial charge on any atom is 0.176 e. The summed E-state index contributed by atoms with van der Waals surface area (Å²) in [7, 11) is 1.62. The molecule has 0 amide bonds. The second kappa shape index (κ2) is 6.36. The largest absolute Gasteiger partial charge is 0.497 e. The van der Waals surface area contributed by atoms with Crippen LogP contribution in [0.15, 0.2) is 42.6 Å². The molecule has 2 rings (SSSR count). The van der Waals surface area contributed by atoms with Crippen LogP contribution < -0.4 is 15.4 Å². The molecule has 0 atom stereocenters. The molecule has 1 aromatic carbocycles. The number of halogens is 1. The highest BCUT2D eigenvalue weighted by Crippen LogP contribution is 2.17. The van der Waals surface area contributed by atoms with Crippen molar-refractivity contribution in [1.82, 2.24) is 4.98 Å². The molecule has 2 N–H and O–H groups in total. The second-order valence-corrected chi connectivity index (χ2v) is 4.52. The van der Waals surface area contributed by atoms with Crippen LogP contribution in [0.5, 0.6) is 5.75 Å². The van der Waals surface area contributed by atoms with Crippen molar-refractivity contribution in [2.24, 2.45) is 0 Å². The van der Waals surface area contributed by atoms with Crippen molar-refractivity contribution in [3.05, 3.63) is 47.6 Å². The van der Waals surface area contributed by atoms with Crippen molar-refractivity contribution in [1.29, 1.82) is 0 Å². The number of nitrogens with zero attached hydrogens (tertiary/aromatic N) is 1. The number of methoxy groups -OCH3 is 1. The summed E-state index contributed by atoms with van der Waals surface area (Å²) in [4.78, 5) is 4.10. The smallest absolute Gasteiger partial charge is 0.176 e. The number of hydrogen-bond donors (Lipinski definition) is 2. The molecule has 0 saturated carbocycles. The van der Waals surface area contributed by atoms with Gasteiger partial charge in [0.1, 0.15) is 11.6 Å². The Morgan fingerprint density at radius 1 is 1.26 bits per heavy atom. The molecule has 98 valence electrons. The van der Waals surface area contributed by atoms with E-state index < -0.39 is 0 Å². The summed E-state index contributed by atoms with van der Waals surface area (Å²) in [6, 6.07) is 11.0. The van der Waals surface area contributed by atoms with Crippen molar-refractivity contribution < 1.29 is 4.74 Å². The van der Waals surface area contributed by atoms with Gasteiger partial charge in [0, 0.05) is 18.0 Å². The van der Waals surface area contributed by atoms with Gasteiger partial charge in [-0.1, -0.05) is 17.7 Å². The molecule has 1 aromatic heterocycles. The number of ether oxygens (including phenoxy) is 1. The average Bonchev–Trinajstić information content (AvgIpc) is 2.41. The minimum Gasteiger partial charge on any atom is -0.497 e. The Balaban J connectivity index is 1.99. The molecule has 0 saturated heterocycles. The lowest BCUT2D eigenvalue weighted by molar-refractivity contribution is 0.415. The number of thiocarbonyl (C=S) groups is 1. The highest BCUT2D eigenvalue weighted by Gasteiger charge is 2.01. The summed E-state index contributed by atoms with van der Waals surface area (Å²) in [5, 5.41) is 7.04. The third kappa shape index (κ3) is 4.08. The SMILES string of the molecule is COc1cccc(NC(=S)Nc2ccc(Cl)cn2)c1. The number of nitrogens with one attached hydrogen (secondary N) is 2. The Labute approximate surface area is 121 Å². The first-order valence-corrected chi connectivity index (χ1v) is 6.29. The summed E-state index contributed by atoms with van der Waals surface area (Å²) in [5.74, 6) is 1.39. The van der Waals surface area contributed by atoms with Crippen molar-refractivity contribution in [3.8, 4) is 5.75 Å². The van der Waals surface area contributed by atoms with Gasteiger partial charge in [0.15, 0.2) is 5.11 Å². The monoisotopic (exact) mass is 293 g/mol. The van der Waals surface area contributed by atoms with E-state index in [4.69, 9.17) is 28.6 Å². The Bertz CT molecular complexity index is 574. The van der Waals surface area contributed by atoms with Crippen LogP contribution in [0.1, 0.15) is 0 Å². The van der Waals surface area contributed by atoms with Gasteiger partial charge in [-0.3, -0.25) is 0 Å². The molecule has 0 aliphatic carbocycles. The molecule has 19 heavy (non-hydrogen) atoms. The second-order valence-electron chi connectivity index (χ2n) is 3.67. The van der Waals surface area contributed by atoms with E-state index in [0.717, 1.165) is 11.4 Å². The third-order valence-electron chi connectivity index (χ3n) is 2.30. The summed E-state index contributed by atoms with van der Waals surface area (Å²) < 4.78 is 5.14. The van der Waals surface area contributed by atoms with Crippen LogP contribution in [-0.2, 0) is 0 Å². The molecule has 0 spiro atoms. The van der Waals surface area contributed by atoms with Crippen LogP contribution >= 0.6 is 23.8 Å². The van der Waals surface area contributed by atoms with Gasteiger partial charge < -0.3 is 15.4 Å². The molecule has 0 unspecified atom stereocenters. The molecule has 0 aliphatic rings. The zero-order valence-corrected chi connectivity index (χ0v) is 11.8. The van der Waals surface area contributed by atoms with Crippen LogP contribution in [0.25, 0.3) is 0 Å². The fraction of sp³-hybridized carbons (Fsp3) is 0.0769. The number of pyridine rings is 1. The van der Waals surface area contributed by atoms with Gasteiger partial charge in [0.25, 0.3) is 0 Å². The van der Waals surface area contributed by atoms with Crippen molar-refractivity contribution in [2.75, 3.05) is 17.7 Å². The van der Waals surface area contributed by atoms with Gasteiger partial charge in [0.05, 0.1) is 12.1 Å². The molecular formula is C13H12ClN3OS. The first-order chi connectivity index (χ1) is 9.17.